The summed E-state index contributed by atoms with van der Waals surface area (Å²) in [6.07, 6.45) is 4.16. The first-order valence-electron chi connectivity index (χ1n) is 4.25. The molecule has 1 aliphatic carbocycles. The molecule has 1 saturated carbocycles. The predicted molar refractivity (Wildman–Crippen MR) is 56.6 cm³/mol. The molecule has 0 unspecified atom stereocenters. The van der Waals surface area contributed by atoms with Crippen molar-refractivity contribution in [1.82, 2.24) is 4.98 Å². The minimum Gasteiger partial charge on any atom is -0.324 e. The Morgan fingerprint density at radius 2 is 2.31 bits per heavy atom. The molecule has 0 aliphatic heterocycles. The van der Waals surface area contributed by atoms with Crippen molar-refractivity contribution in [2.24, 2.45) is 11.7 Å². The Bertz CT molecular complexity index is 325. The van der Waals surface area contributed by atoms with Crippen LogP contribution in [0.25, 0.3) is 0 Å². The fourth-order valence-electron chi connectivity index (χ4n) is 1.40. The molecule has 0 saturated heterocycles. The monoisotopic (exact) mass is 260 g/mol. The first-order valence-corrected chi connectivity index (χ1v) is 5.42. The van der Waals surface area contributed by atoms with Gasteiger partial charge in [0, 0.05) is 12.2 Å². The first kappa shape index (κ1) is 9.44. The van der Waals surface area contributed by atoms with E-state index in [1.807, 2.05) is 6.07 Å². The van der Waals surface area contributed by atoms with Crippen LogP contribution in [0.4, 0.5) is 0 Å². The summed E-state index contributed by atoms with van der Waals surface area (Å²) in [5.74, 6) is 0.634. The van der Waals surface area contributed by atoms with Crippen molar-refractivity contribution < 1.29 is 0 Å². The van der Waals surface area contributed by atoms with E-state index in [0.29, 0.717) is 11.1 Å². The molecule has 2 N–H and O–H groups in total. The van der Waals surface area contributed by atoms with Crippen LogP contribution >= 0.6 is 27.5 Å². The number of nitrogens with two attached hydrogens (primary N) is 1. The molecule has 13 heavy (non-hydrogen) atoms. The van der Waals surface area contributed by atoms with Gasteiger partial charge in [-0.15, -0.1) is 0 Å². The van der Waals surface area contributed by atoms with Crippen molar-refractivity contribution in [3.63, 3.8) is 0 Å². The molecular weight excluding hydrogens is 251 g/mol. The summed E-state index contributed by atoms with van der Waals surface area (Å²) in [6, 6.07) is 2.04. The average molecular weight is 262 g/mol. The third-order valence-corrected chi connectivity index (χ3v) is 3.71. The molecule has 4 heteroatoms. The largest absolute Gasteiger partial charge is 0.324 e. The minimum atomic E-state index is 0.106. The van der Waals surface area contributed by atoms with Gasteiger partial charge in [-0.1, -0.05) is 11.6 Å². The van der Waals surface area contributed by atoms with Gasteiger partial charge in [0.05, 0.1) is 4.47 Å². The zero-order valence-corrected chi connectivity index (χ0v) is 9.35. The number of rotatable bonds is 2. The molecule has 1 heterocycles. The van der Waals surface area contributed by atoms with Gasteiger partial charge in [-0.2, -0.15) is 0 Å². The van der Waals surface area contributed by atoms with E-state index in [9.17, 15) is 0 Å². The van der Waals surface area contributed by atoms with Crippen LogP contribution in [0.5, 0.6) is 0 Å². The molecule has 70 valence electrons. The number of pyridine rings is 1. The average Bonchev–Trinajstić information content (AvgIpc) is 2.91. The van der Waals surface area contributed by atoms with Crippen LogP contribution in [0.3, 0.4) is 0 Å². The maximum atomic E-state index is 6.05. The Hall–Kier alpha value is -0.120. The topological polar surface area (TPSA) is 38.9 Å². The number of nitrogens with zero attached hydrogens (tertiary/aromatic N) is 1. The highest BCUT2D eigenvalue weighted by atomic mass is 79.9. The van der Waals surface area contributed by atoms with Crippen molar-refractivity contribution in [3.05, 3.63) is 27.5 Å². The van der Waals surface area contributed by atoms with Gasteiger partial charge in [-0.25, -0.2) is 4.98 Å². The van der Waals surface area contributed by atoms with Gasteiger partial charge in [0.15, 0.2) is 0 Å². The summed E-state index contributed by atoms with van der Waals surface area (Å²) in [7, 11) is 0. The molecule has 0 aromatic carbocycles. The Labute approximate surface area is 90.6 Å². The second-order valence-electron chi connectivity index (χ2n) is 3.37. The van der Waals surface area contributed by atoms with E-state index in [-0.39, 0.29) is 6.04 Å². The third-order valence-electron chi connectivity index (χ3n) is 2.37. The van der Waals surface area contributed by atoms with Crippen LogP contribution in [0.2, 0.25) is 5.15 Å². The van der Waals surface area contributed by atoms with Crippen molar-refractivity contribution in [2.75, 3.05) is 0 Å². The molecule has 1 aromatic heterocycles. The third kappa shape index (κ3) is 1.87. The summed E-state index contributed by atoms with van der Waals surface area (Å²) in [6.45, 7) is 0. The molecule has 2 rings (SSSR count). The maximum Gasteiger partial charge on any atom is 0.143 e. The zero-order chi connectivity index (χ0) is 9.42. The second kappa shape index (κ2) is 3.56. The van der Waals surface area contributed by atoms with E-state index in [0.717, 1.165) is 10.0 Å². The van der Waals surface area contributed by atoms with Crippen LogP contribution in [-0.2, 0) is 0 Å². The molecule has 1 fully saturated rings. The lowest BCUT2D eigenvalue weighted by Crippen LogP contribution is -2.13. The van der Waals surface area contributed by atoms with Gasteiger partial charge >= 0.3 is 0 Å². The van der Waals surface area contributed by atoms with Crippen molar-refractivity contribution in [3.8, 4) is 0 Å². The molecule has 0 amide bonds. The molecule has 2 nitrogen and oxygen atoms in total. The van der Waals surface area contributed by atoms with E-state index in [1.165, 1.54) is 12.8 Å². The highest BCUT2D eigenvalue weighted by Crippen LogP contribution is 2.42. The van der Waals surface area contributed by atoms with Gasteiger partial charge in [0.25, 0.3) is 0 Å². The fraction of sp³-hybridized carbons (Fsp3) is 0.444. The van der Waals surface area contributed by atoms with Gasteiger partial charge in [0.2, 0.25) is 0 Å². The molecule has 1 aromatic rings. The van der Waals surface area contributed by atoms with Crippen molar-refractivity contribution in [2.45, 2.75) is 18.9 Å². The van der Waals surface area contributed by atoms with Crippen LogP contribution in [0, 0.1) is 5.92 Å². The van der Waals surface area contributed by atoms with E-state index in [4.69, 9.17) is 17.3 Å². The Morgan fingerprint density at radius 1 is 1.62 bits per heavy atom. The van der Waals surface area contributed by atoms with Crippen LogP contribution in [-0.4, -0.2) is 4.98 Å². The SMILES string of the molecule is N[C@H](c1ccnc(Cl)c1Br)C1CC1. The van der Waals surface area contributed by atoms with Gasteiger partial charge in [0.1, 0.15) is 5.15 Å². The Kier molecular flexibility index (Phi) is 2.58. The fourth-order valence-corrected chi connectivity index (χ4v) is 2.06. The van der Waals surface area contributed by atoms with Crippen LogP contribution in [0.1, 0.15) is 24.4 Å². The lowest BCUT2D eigenvalue weighted by Gasteiger charge is -2.12. The Balaban J connectivity index is 2.32. The molecule has 1 aliphatic rings. The van der Waals surface area contributed by atoms with Crippen molar-refractivity contribution in [1.29, 1.82) is 0 Å². The number of hydrogen-bond donors (Lipinski definition) is 1. The highest BCUT2D eigenvalue weighted by Gasteiger charge is 2.30. The van der Waals surface area contributed by atoms with E-state index < -0.39 is 0 Å². The molecule has 0 radical (unpaired) electrons. The summed E-state index contributed by atoms with van der Waals surface area (Å²) >= 11 is 9.27. The highest BCUT2D eigenvalue weighted by molar-refractivity contribution is 9.10. The molecular formula is C9H10BrClN2. The lowest BCUT2D eigenvalue weighted by atomic mass is 10.1. The quantitative estimate of drug-likeness (QED) is 0.832. The smallest absolute Gasteiger partial charge is 0.143 e. The zero-order valence-electron chi connectivity index (χ0n) is 7.00. The predicted octanol–water partition coefficient (Wildman–Crippen LogP) is 2.91. The van der Waals surface area contributed by atoms with Crippen LogP contribution < -0.4 is 5.73 Å². The summed E-state index contributed by atoms with van der Waals surface area (Å²) < 4.78 is 0.844. The summed E-state index contributed by atoms with van der Waals surface area (Å²) in [5, 5.41) is 0.494. The molecule has 0 spiro atoms. The van der Waals surface area contributed by atoms with Crippen molar-refractivity contribution >= 4 is 27.5 Å². The van der Waals surface area contributed by atoms with Crippen LogP contribution in [0.15, 0.2) is 16.7 Å². The number of hydrogen-bond acceptors (Lipinski definition) is 2. The van der Waals surface area contributed by atoms with Gasteiger partial charge in [-0.05, 0) is 46.3 Å². The Morgan fingerprint density at radius 3 is 2.92 bits per heavy atom. The van der Waals surface area contributed by atoms with E-state index in [1.54, 1.807) is 6.20 Å². The number of halogens is 2. The van der Waals surface area contributed by atoms with E-state index >= 15 is 0 Å². The number of aromatic nitrogens is 1. The first-order chi connectivity index (χ1) is 6.20. The molecule has 1 atom stereocenters. The van der Waals surface area contributed by atoms with Gasteiger partial charge in [-0.3, -0.25) is 0 Å². The standard InChI is InChI=1S/C9H10BrClN2/c10-7-6(3-4-13-9(7)11)8(12)5-1-2-5/h3-5,8H,1-2,12H2/t8-/m0/s1. The maximum absolute atomic E-state index is 6.05. The van der Waals surface area contributed by atoms with Gasteiger partial charge < -0.3 is 5.73 Å². The summed E-state index contributed by atoms with van der Waals surface area (Å²) in [4.78, 5) is 3.96. The lowest BCUT2D eigenvalue weighted by molar-refractivity contribution is 0.630. The minimum absolute atomic E-state index is 0.106. The van der Waals surface area contributed by atoms with E-state index in [2.05, 4.69) is 20.9 Å². The molecule has 0 bridgehead atoms. The normalized spacial score (nSPS) is 18.7. The second-order valence-corrected chi connectivity index (χ2v) is 4.52. The summed E-state index contributed by atoms with van der Waals surface area (Å²) in [5.41, 5.74) is 7.13.